The third-order valence-corrected chi connectivity index (χ3v) is 4.28. The van der Waals surface area contributed by atoms with Gasteiger partial charge >= 0.3 is 0 Å². The number of benzene rings is 1. The highest BCUT2D eigenvalue weighted by atomic mass is 127. The van der Waals surface area contributed by atoms with Crippen LogP contribution in [-0.4, -0.2) is 30.0 Å². The first-order valence-corrected chi connectivity index (χ1v) is 7.82. The summed E-state index contributed by atoms with van der Waals surface area (Å²) in [5.74, 6) is 0.561. The van der Waals surface area contributed by atoms with E-state index < -0.39 is 0 Å². The van der Waals surface area contributed by atoms with E-state index >= 15 is 0 Å². The fraction of sp³-hybridized carbons (Fsp3) is 0.231. The molecule has 0 aliphatic heterocycles. The van der Waals surface area contributed by atoms with Crippen LogP contribution >= 0.6 is 34.2 Å². The van der Waals surface area contributed by atoms with Gasteiger partial charge in [0.05, 0.1) is 28.5 Å². The van der Waals surface area contributed by atoms with Gasteiger partial charge in [-0.1, -0.05) is 23.7 Å². The minimum atomic E-state index is 0.169. The summed E-state index contributed by atoms with van der Waals surface area (Å²) in [7, 11) is 0. The molecule has 3 rings (SSSR count). The van der Waals surface area contributed by atoms with Crippen LogP contribution in [0.5, 0.6) is 0 Å². The van der Waals surface area contributed by atoms with Crippen LogP contribution in [0.2, 0.25) is 5.02 Å². The predicted octanol–water partition coefficient (Wildman–Crippen LogP) is 3.36. The maximum Gasteiger partial charge on any atom is 0.209 e. The van der Waals surface area contributed by atoms with E-state index in [-0.39, 0.29) is 6.04 Å². The first-order valence-electron chi connectivity index (χ1n) is 6.36. The Kier molecular flexibility index (Phi) is 3.94. The monoisotopic (exact) mass is 414 g/mol. The van der Waals surface area contributed by atoms with Crippen LogP contribution in [0, 0.1) is 3.70 Å². The Morgan fingerprint density at radius 1 is 1.24 bits per heavy atom. The lowest BCUT2D eigenvalue weighted by molar-refractivity contribution is 0.455. The van der Waals surface area contributed by atoms with E-state index in [1.807, 2.05) is 38.1 Å². The Bertz CT molecular complexity index is 779. The van der Waals surface area contributed by atoms with E-state index in [0.717, 1.165) is 15.0 Å². The fourth-order valence-corrected chi connectivity index (χ4v) is 2.81. The molecule has 0 saturated carbocycles. The summed E-state index contributed by atoms with van der Waals surface area (Å²) in [6.07, 6.45) is 1.73. The Balaban J connectivity index is 2.05. The number of hydrogen-bond acceptors (Lipinski definition) is 4. The lowest BCUT2D eigenvalue weighted by Crippen LogP contribution is -2.04. The van der Waals surface area contributed by atoms with Crippen LogP contribution in [0.15, 0.2) is 30.5 Å². The summed E-state index contributed by atoms with van der Waals surface area (Å²) in [6, 6.07) is 7.73. The van der Waals surface area contributed by atoms with Crippen molar-refractivity contribution < 1.29 is 0 Å². The molecular weight excluding hydrogens is 403 g/mol. The van der Waals surface area contributed by atoms with E-state index in [1.165, 1.54) is 0 Å². The molecule has 6 nitrogen and oxygen atoms in total. The molecular formula is C13H12ClIN6. The molecule has 0 amide bonds. The van der Waals surface area contributed by atoms with E-state index in [1.54, 1.807) is 15.7 Å². The molecule has 108 valence electrons. The number of halogens is 2. The van der Waals surface area contributed by atoms with Gasteiger partial charge in [-0.2, -0.15) is 9.90 Å². The van der Waals surface area contributed by atoms with Gasteiger partial charge in [0, 0.05) is 0 Å². The second kappa shape index (κ2) is 5.72. The van der Waals surface area contributed by atoms with Crippen LogP contribution in [0.25, 0.3) is 17.1 Å². The standard InChI is InChI=1S/C13H12ClIN6/c1-8(2)21-18-13(17-19-21)9-7-16-20(12(9)15)11-6-4-3-5-10(11)14/h3-8H,1-2H3. The van der Waals surface area contributed by atoms with Gasteiger partial charge in [0.1, 0.15) is 3.70 Å². The molecule has 3 aromatic rings. The quantitative estimate of drug-likeness (QED) is 0.617. The Morgan fingerprint density at radius 2 is 2.00 bits per heavy atom. The highest BCUT2D eigenvalue weighted by Crippen LogP contribution is 2.27. The minimum absolute atomic E-state index is 0.169. The average Bonchev–Trinajstić information content (AvgIpc) is 3.06. The zero-order valence-corrected chi connectivity index (χ0v) is 14.3. The summed E-state index contributed by atoms with van der Waals surface area (Å²) in [5.41, 5.74) is 1.66. The zero-order valence-electron chi connectivity index (χ0n) is 11.4. The molecule has 0 atom stereocenters. The molecule has 0 spiro atoms. The van der Waals surface area contributed by atoms with Gasteiger partial charge in [0.2, 0.25) is 5.82 Å². The van der Waals surface area contributed by atoms with Crippen molar-refractivity contribution in [1.82, 2.24) is 30.0 Å². The van der Waals surface area contributed by atoms with Crippen LogP contribution in [-0.2, 0) is 0 Å². The first-order chi connectivity index (χ1) is 10.1. The second-order valence-electron chi connectivity index (χ2n) is 4.74. The van der Waals surface area contributed by atoms with E-state index in [4.69, 9.17) is 11.6 Å². The molecule has 0 unspecified atom stereocenters. The normalized spacial score (nSPS) is 11.3. The maximum absolute atomic E-state index is 6.22. The van der Waals surface area contributed by atoms with Crippen molar-refractivity contribution in [3.63, 3.8) is 0 Å². The topological polar surface area (TPSA) is 61.4 Å². The van der Waals surface area contributed by atoms with E-state index in [2.05, 4.69) is 43.1 Å². The van der Waals surface area contributed by atoms with E-state index in [9.17, 15) is 0 Å². The average molecular weight is 415 g/mol. The molecule has 0 aliphatic carbocycles. The van der Waals surface area contributed by atoms with Gasteiger partial charge < -0.3 is 0 Å². The molecule has 2 heterocycles. The van der Waals surface area contributed by atoms with Crippen molar-refractivity contribution in [1.29, 1.82) is 0 Å². The molecule has 0 aliphatic rings. The zero-order chi connectivity index (χ0) is 15.0. The van der Waals surface area contributed by atoms with Gasteiger partial charge in [-0.15, -0.1) is 10.2 Å². The van der Waals surface area contributed by atoms with Gasteiger partial charge in [-0.3, -0.25) is 0 Å². The first kappa shape index (κ1) is 14.5. The number of hydrogen-bond donors (Lipinski definition) is 0. The molecule has 0 bridgehead atoms. The van der Waals surface area contributed by atoms with Crippen LogP contribution in [0.4, 0.5) is 0 Å². The molecule has 0 N–H and O–H groups in total. The Labute approximate surface area is 140 Å². The van der Waals surface area contributed by atoms with Crippen molar-refractivity contribution in [3.05, 3.63) is 39.2 Å². The minimum Gasteiger partial charge on any atom is -0.225 e. The van der Waals surface area contributed by atoms with Crippen molar-refractivity contribution >= 4 is 34.2 Å². The number of tetrazole rings is 1. The summed E-state index contributed by atoms with van der Waals surface area (Å²) in [6.45, 7) is 4.01. The highest BCUT2D eigenvalue weighted by Gasteiger charge is 2.17. The smallest absolute Gasteiger partial charge is 0.209 e. The summed E-state index contributed by atoms with van der Waals surface area (Å²) in [5, 5.41) is 17.5. The number of para-hydroxylation sites is 1. The van der Waals surface area contributed by atoms with Gasteiger partial charge in [-0.05, 0) is 53.8 Å². The fourth-order valence-electron chi connectivity index (χ4n) is 1.83. The van der Waals surface area contributed by atoms with Gasteiger partial charge in [0.15, 0.2) is 0 Å². The molecule has 0 saturated heterocycles. The predicted molar refractivity (Wildman–Crippen MR) is 88.5 cm³/mol. The molecule has 21 heavy (non-hydrogen) atoms. The largest absolute Gasteiger partial charge is 0.225 e. The van der Waals surface area contributed by atoms with Gasteiger partial charge in [-0.25, -0.2) is 4.68 Å². The van der Waals surface area contributed by atoms with Crippen molar-refractivity contribution in [2.75, 3.05) is 0 Å². The third kappa shape index (κ3) is 2.67. The molecule has 0 fully saturated rings. The molecule has 8 heteroatoms. The highest BCUT2D eigenvalue weighted by molar-refractivity contribution is 14.1. The van der Waals surface area contributed by atoms with Crippen molar-refractivity contribution in [3.8, 4) is 17.1 Å². The van der Waals surface area contributed by atoms with Crippen molar-refractivity contribution in [2.45, 2.75) is 19.9 Å². The molecule has 0 radical (unpaired) electrons. The number of nitrogens with zero attached hydrogens (tertiary/aromatic N) is 6. The summed E-state index contributed by atoms with van der Waals surface area (Å²) < 4.78 is 2.66. The van der Waals surface area contributed by atoms with Crippen LogP contribution in [0.1, 0.15) is 19.9 Å². The van der Waals surface area contributed by atoms with Crippen LogP contribution < -0.4 is 0 Å². The van der Waals surface area contributed by atoms with E-state index in [0.29, 0.717) is 10.8 Å². The molecule has 2 aromatic heterocycles. The maximum atomic E-state index is 6.22. The van der Waals surface area contributed by atoms with Crippen LogP contribution in [0.3, 0.4) is 0 Å². The van der Waals surface area contributed by atoms with Crippen molar-refractivity contribution in [2.24, 2.45) is 0 Å². The summed E-state index contributed by atoms with van der Waals surface area (Å²) >= 11 is 8.43. The second-order valence-corrected chi connectivity index (χ2v) is 6.17. The van der Waals surface area contributed by atoms with Gasteiger partial charge in [0.25, 0.3) is 0 Å². The molecule has 1 aromatic carbocycles. The SMILES string of the molecule is CC(C)n1nnc(-c2cnn(-c3ccccc3Cl)c2I)n1. The number of rotatable bonds is 3. The lowest BCUT2D eigenvalue weighted by atomic mass is 10.3. The lowest BCUT2D eigenvalue weighted by Gasteiger charge is -2.05. The summed E-state index contributed by atoms with van der Waals surface area (Å²) in [4.78, 5) is 1.58. The number of aromatic nitrogens is 6. The Hall–Kier alpha value is -1.48. The third-order valence-electron chi connectivity index (χ3n) is 2.92. The Morgan fingerprint density at radius 3 is 2.67 bits per heavy atom.